The maximum atomic E-state index is 3.15. The molecule has 1 aromatic rings. The molecule has 0 aliphatic heterocycles. The lowest BCUT2D eigenvalue weighted by Crippen LogP contribution is -2.28. The van der Waals surface area contributed by atoms with Crippen LogP contribution in [0, 0.1) is 6.07 Å². The Balaban J connectivity index is 2.19. The number of unbranched alkanes of at least 4 members (excludes halogenated alkanes) is 1. The highest BCUT2D eigenvalue weighted by atomic mass is 14.4. The molecular weight excluding hydrogens is 192 g/mol. The zero-order valence-corrected chi connectivity index (χ0v) is 10.5. The van der Waals surface area contributed by atoms with Crippen molar-refractivity contribution in [3.05, 3.63) is 35.9 Å². The first kappa shape index (κ1) is 11.7. The fourth-order valence-electron chi connectivity index (χ4n) is 3.17. The molecule has 0 spiro atoms. The molecule has 16 heavy (non-hydrogen) atoms. The van der Waals surface area contributed by atoms with Crippen molar-refractivity contribution in [1.82, 2.24) is 0 Å². The Kier molecular flexibility index (Phi) is 4.04. The molecule has 1 radical (unpaired) electrons. The molecule has 1 fully saturated rings. The molecule has 0 saturated heterocycles. The summed E-state index contributed by atoms with van der Waals surface area (Å²) in [5, 5.41) is 0. The minimum atomic E-state index is 0.503. The first-order valence-corrected chi connectivity index (χ1v) is 6.84. The summed E-state index contributed by atoms with van der Waals surface area (Å²) in [6, 6.07) is 11.9. The Morgan fingerprint density at radius 2 is 1.81 bits per heavy atom. The van der Waals surface area contributed by atoms with E-state index in [4.69, 9.17) is 0 Å². The van der Waals surface area contributed by atoms with E-state index in [0.29, 0.717) is 5.41 Å². The van der Waals surface area contributed by atoms with Crippen molar-refractivity contribution in [1.29, 1.82) is 0 Å². The quantitative estimate of drug-likeness (QED) is 0.671. The van der Waals surface area contributed by atoms with Gasteiger partial charge < -0.3 is 0 Å². The van der Waals surface area contributed by atoms with E-state index < -0.39 is 0 Å². The van der Waals surface area contributed by atoms with Crippen LogP contribution in [0.5, 0.6) is 0 Å². The summed E-state index contributed by atoms with van der Waals surface area (Å²) in [7, 11) is 0. The maximum absolute atomic E-state index is 3.15. The van der Waals surface area contributed by atoms with Gasteiger partial charge in [0.1, 0.15) is 0 Å². The van der Waals surface area contributed by atoms with Crippen LogP contribution in [-0.4, -0.2) is 0 Å². The fraction of sp³-hybridized carbons (Fsp3) is 0.625. The molecule has 1 aliphatic carbocycles. The minimum absolute atomic E-state index is 0.503. The minimum Gasteiger partial charge on any atom is -0.0654 e. The van der Waals surface area contributed by atoms with Crippen molar-refractivity contribution in [2.24, 2.45) is 0 Å². The molecule has 0 N–H and O–H groups in total. The summed E-state index contributed by atoms with van der Waals surface area (Å²) < 4.78 is 0. The van der Waals surface area contributed by atoms with Crippen LogP contribution in [0.4, 0.5) is 0 Å². The predicted octanol–water partition coefficient (Wildman–Crippen LogP) is 4.88. The topological polar surface area (TPSA) is 0 Å². The van der Waals surface area contributed by atoms with Gasteiger partial charge in [0, 0.05) is 0 Å². The van der Waals surface area contributed by atoms with E-state index >= 15 is 0 Å². The van der Waals surface area contributed by atoms with Crippen molar-refractivity contribution in [2.75, 3.05) is 0 Å². The third kappa shape index (κ3) is 2.48. The van der Waals surface area contributed by atoms with E-state index in [-0.39, 0.29) is 0 Å². The first-order valence-electron chi connectivity index (χ1n) is 6.84. The monoisotopic (exact) mass is 215 g/mol. The van der Waals surface area contributed by atoms with Crippen molar-refractivity contribution < 1.29 is 0 Å². The van der Waals surface area contributed by atoms with Gasteiger partial charge in [0.25, 0.3) is 0 Å². The number of benzene rings is 1. The third-order valence-electron chi connectivity index (χ3n) is 4.15. The molecule has 0 nitrogen and oxygen atoms in total. The second-order valence-electron chi connectivity index (χ2n) is 5.23. The number of rotatable bonds is 4. The van der Waals surface area contributed by atoms with E-state index in [9.17, 15) is 0 Å². The molecule has 0 aromatic heterocycles. The summed E-state index contributed by atoms with van der Waals surface area (Å²) in [6.45, 7) is 2.30. The molecule has 87 valence electrons. The number of hydrogen-bond donors (Lipinski definition) is 0. The van der Waals surface area contributed by atoms with Crippen LogP contribution in [0.2, 0.25) is 0 Å². The smallest absolute Gasteiger partial charge is 0.00470 e. The van der Waals surface area contributed by atoms with Gasteiger partial charge in [0.05, 0.1) is 0 Å². The molecule has 1 aromatic carbocycles. The van der Waals surface area contributed by atoms with Crippen molar-refractivity contribution in [3.63, 3.8) is 0 Å². The van der Waals surface area contributed by atoms with Gasteiger partial charge in [-0.15, -0.1) is 0 Å². The van der Waals surface area contributed by atoms with E-state index in [1.807, 2.05) is 0 Å². The molecule has 0 heterocycles. The molecule has 0 heteroatoms. The second kappa shape index (κ2) is 5.52. The Bertz CT molecular complexity index is 293. The van der Waals surface area contributed by atoms with Crippen molar-refractivity contribution in [2.45, 2.75) is 63.7 Å². The van der Waals surface area contributed by atoms with Crippen LogP contribution in [0.1, 0.15) is 63.9 Å². The summed E-state index contributed by atoms with van der Waals surface area (Å²) in [5.41, 5.74) is 2.07. The largest absolute Gasteiger partial charge is 0.0654 e. The molecular formula is C16H23. The van der Waals surface area contributed by atoms with E-state index in [1.54, 1.807) is 5.56 Å². The van der Waals surface area contributed by atoms with Gasteiger partial charge in [-0.25, -0.2) is 0 Å². The van der Waals surface area contributed by atoms with Gasteiger partial charge in [-0.1, -0.05) is 63.3 Å². The average Bonchev–Trinajstić information content (AvgIpc) is 2.38. The van der Waals surface area contributed by atoms with Crippen LogP contribution in [0.25, 0.3) is 0 Å². The summed E-state index contributed by atoms with van der Waals surface area (Å²) in [6.07, 6.45) is 11.2. The average molecular weight is 215 g/mol. The van der Waals surface area contributed by atoms with Gasteiger partial charge in [-0.3, -0.25) is 0 Å². The summed E-state index contributed by atoms with van der Waals surface area (Å²) in [4.78, 5) is 0. The van der Waals surface area contributed by atoms with Gasteiger partial charge in [-0.2, -0.15) is 0 Å². The second-order valence-corrected chi connectivity index (χ2v) is 5.23. The van der Waals surface area contributed by atoms with Crippen LogP contribution in [-0.2, 0) is 5.41 Å². The van der Waals surface area contributed by atoms with Crippen LogP contribution >= 0.6 is 0 Å². The standard InChI is InChI=1S/C16H23/c1-2-3-12-16(13-8-5-9-14-16)15-10-6-4-7-11-15/h6-7,10-11H,2-3,5,8-9,12-14H2,1H3. The first-order chi connectivity index (χ1) is 7.87. The molecule has 2 rings (SSSR count). The highest BCUT2D eigenvalue weighted by molar-refractivity contribution is 5.25. The molecule has 1 aliphatic rings. The SMILES string of the molecule is CCCCC1(c2cc[c]cc2)CCCCC1. The van der Waals surface area contributed by atoms with Gasteiger partial charge in [0.2, 0.25) is 0 Å². The zero-order chi connectivity index (χ0) is 11.3. The van der Waals surface area contributed by atoms with Crippen LogP contribution < -0.4 is 0 Å². The molecule has 0 amide bonds. The summed E-state index contributed by atoms with van der Waals surface area (Å²) in [5.74, 6) is 0. The molecule has 0 atom stereocenters. The van der Waals surface area contributed by atoms with Gasteiger partial charge in [0.15, 0.2) is 0 Å². The van der Waals surface area contributed by atoms with Crippen molar-refractivity contribution in [3.8, 4) is 0 Å². The van der Waals surface area contributed by atoms with Gasteiger partial charge >= 0.3 is 0 Å². The molecule has 0 unspecified atom stereocenters. The lowest BCUT2D eigenvalue weighted by Gasteiger charge is -2.38. The zero-order valence-electron chi connectivity index (χ0n) is 10.5. The van der Waals surface area contributed by atoms with Crippen LogP contribution in [0.3, 0.4) is 0 Å². The lowest BCUT2D eigenvalue weighted by molar-refractivity contribution is 0.267. The Hall–Kier alpha value is -0.780. The van der Waals surface area contributed by atoms with E-state index in [1.165, 1.54) is 51.4 Å². The summed E-state index contributed by atoms with van der Waals surface area (Å²) >= 11 is 0. The van der Waals surface area contributed by atoms with E-state index in [2.05, 4.69) is 37.3 Å². The number of hydrogen-bond acceptors (Lipinski definition) is 0. The predicted molar refractivity (Wildman–Crippen MR) is 69.6 cm³/mol. The van der Waals surface area contributed by atoms with Crippen LogP contribution in [0.15, 0.2) is 24.3 Å². The maximum Gasteiger partial charge on any atom is -0.00470 e. The Morgan fingerprint density at radius 3 is 2.44 bits per heavy atom. The third-order valence-corrected chi connectivity index (χ3v) is 4.15. The fourth-order valence-corrected chi connectivity index (χ4v) is 3.17. The normalized spacial score (nSPS) is 19.6. The van der Waals surface area contributed by atoms with Gasteiger partial charge in [-0.05, 0) is 36.3 Å². The molecule has 1 saturated carbocycles. The van der Waals surface area contributed by atoms with E-state index in [0.717, 1.165) is 0 Å². The van der Waals surface area contributed by atoms with Crippen molar-refractivity contribution >= 4 is 0 Å². The molecule has 0 bridgehead atoms. The highest BCUT2D eigenvalue weighted by Crippen LogP contribution is 2.43. The Labute approximate surface area is 100 Å². The Morgan fingerprint density at radius 1 is 1.12 bits per heavy atom. The lowest BCUT2D eigenvalue weighted by atomic mass is 9.67. The highest BCUT2D eigenvalue weighted by Gasteiger charge is 2.32.